The molecule has 0 aliphatic rings. The molecule has 1 atom stereocenters. The van der Waals surface area contributed by atoms with Crippen molar-refractivity contribution in [1.82, 2.24) is 0 Å². The quantitative estimate of drug-likeness (QED) is 0.839. The van der Waals surface area contributed by atoms with Crippen molar-refractivity contribution < 1.29 is 32.5 Å². The van der Waals surface area contributed by atoms with Gasteiger partial charge in [-0.3, -0.25) is 4.79 Å². The number of hydrogen-bond acceptors (Lipinski definition) is 4. The highest BCUT2D eigenvalue weighted by Crippen LogP contribution is 2.29. The zero-order valence-corrected chi connectivity index (χ0v) is 10.3. The van der Waals surface area contributed by atoms with Gasteiger partial charge in [0.1, 0.15) is 0 Å². The second-order valence-corrected chi connectivity index (χ2v) is 3.75. The normalized spacial score (nSPS) is 12.9. The summed E-state index contributed by atoms with van der Waals surface area (Å²) in [7, 11) is 2.74. The van der Waals surface area contributed by atoms with Gasteiger partial charge in [0.15, 0.2) is 23.4 Å². The lowest BCUT2D eigenvalue weighted by Crippen LogP contribution is -2.30. The number of ether oxygens (including phenoxy) is 2. The SMILES string of the molecule is COc1ccc(C(=O)CC(O)C(F)(F)F)cc1OC. The summed E-state index contributed by atoms with van der Waals surface area (Å²) in [5.74, 6) is -0.240. The molecule has 106 valence electrons. The minimum Gasteiger partial charge on any atom is -0.493 e. The van der Waals surface area contributed by atoms with E-state index in [0.29, 0.717) is 5.75 Å². The Morgan fingerprint density at radius 3 is 2.32 bits per heavy atom. The Morgan fingerprint density at radius 2 is 1.84 bits per heavy atom. The summed E-state index contributed by atoms with van der Waals surface area (Å²) < 4.78 is 46.3. The van der Waals surface area contributed by atoms with Gasteiger partial charge in [-0.05, 0) is 18.2 Å². The lowest BCUT2D eigenvalue weighted by atomic mass is 10.0. The molecule has 19 heavy (non-hydrogen) atoms. The highest BCUT2D eigenvalue weighted by molar-refractivity contribution is 5.97. The van der Waals surface area contributed by atoms with Crippen LogP contribution >= 0.6 is 0 Å². The number of carbonyl (C=O) groups is 1. The predicted octanol–water partition coefficient (Wildman–Crippen LogP) is 2.20. The zero-order valence-electron chi connectivity index (χ0n) is 10.3. The van der Waals surface area contributed by atoms with E-state index in [1.54, 1.807) is 0 Å². The number of aliphatic hydroxyl groups is 1. The Bertz CT molecular complexity index is 457. The van der Waals surface area contributed by atoms with E-state index in [-0.39, 0.29) is 11.3 Å². The Balaban J connectivity index is 2.89. The number of benzene rings is 1. The molecule has 1 unspecified atom stereocenters. The third-order valence-electron chi connectivity index (χ3n) is 2.46. The first-order valence-corrected chi connectivity index (χ1v) is 5.29. The van der Waals surface area contributed by atoms with E-state index in [1.165, 1.54) is 32.4 Å². The monoisotopic (exact) mass is 278 g/mol. The molecule has 4 nitrogen and oxygen atoms in total. The standard InChI is InChI=1S/C12H13F3O4/c1-18-9-4-3-7(5-10(9)19-2)8(16)6-11(17)12(13,14)15/h3-5,11,17H,6H2,1-2H3. The number of methoxy groups -OCH3 is 2. The molecule has 1 aromatic carbocycles. The summed E-state index contributed by atoms with van der Waals surface area (Å²) in [5, 5.41) is 8.84. The van der Waals surface area contributed by atoms with Gasteiger partial charge in [0.25, 0.3) is 0 Å². The van der Waals surface area contributed by atoms with E-state index in [9.17, 15) is 18.0 Å². The smallest absolute Gasteiger partial charge is 0.414 e. The maximum Gasteiger partial charge on any atom is 0.414 e. The van der Waals surface area contributed by atoms with E-state index in [1.807, 2.05) is 0 Å². The summed E-state index contributed by atoms with van der Waals surface area (Å²) in [6.45, 7) is 0. The number of rotatable bonds is 5. The molecule has 0 saturated carbocycles. The van der Waals surface area contributed by atoms with E-state index < -0.39 is 24.5 Å². The van der Waals surface area contributed by atoms with E-state index in [4.69, 9.17) is 14.6 Å². The Hall–Kier alpha value is -1.76. The molecule has 0 fully saturated rings. The minimum atomic E-state index is -4.81. The van der Waals surface area contributed by atoms with Gasteiger partial charge in [0, 0.05) is 12.0 Å². The van der Waals surface area contributed by atoms with Crippen LogP contribution in [0.2, 0.25) is 0 Å². The second-order valence-electron chi connectivity index (χ2n) is 3.75. The molecule has 7 heteroatoms. The van der Waals surface area contributed by atoms with Crippen LogP contribution in [-0.4, -0.2) is 37.4 Å². The number of carbonyl (C=O) groups excluding carboxylic acids is 1. The number of aliphatic hydroxyl groups excluding tert-OH is 1. The summed E-state index contributed by atoms with van der Waals surface area (Å²) in [6.07, 6.45) is -8.52. The van der Waals surface area contributed by atoms with Gasteiger partial charge in [0.2, 0.25) is 0 Å². The Kier molecular flexibility index (Phi) is 4.77. The molecule has 0 aliphatic carbocycles. The first-order valence-electron chi connectivity index (χ1n) is 5.29. The number of Topliss-reactive ketones (excluding diaryl/α,β-unsaturated/α-hetero) is 1. The van der Waals surface area contributed by atoms with Crippen LogP contribution in [0.1, 0.15) is 16.8 Å². The molecular weight excluding hydrogens is 265 g/mol. The zero-order chi connectivity index (χ0) is 14.6. The van der Waals surface area contributed by atoms with Crippen LogP contribution in [0.4, 0.5) is 13.2 Å². The van der Waals surface area contributed by atoms with Gasteiger partial charge >= 0.3 is 6.18 Å². The summed E-state index contributed by atoms with van der Waals surface area (Å²) in [6, 6.07) is 3.99. The van der Waals surface area contributed by atoms with Crippen LogP contribution in [-0.2, 0) is 0 Å². The van der Waals surface area contributed by atoms with Crippen LogP contribution in [0.5, 0.6) is 11.5 Å². The van der Waals surface area contributed by atoms with Gasteiger partial charge in [-0.2, -0.15) is 13.2 Å². The fourth-order valence-electron chi connectivity index (χ4n) is 1.42. The average Bonchev–Trinajstić information content (AvgIpc) is 2.36. The van der Waals surface area contributed by atoms with Crippen molar-refractivity contribution in [2.45, 2.75) is 18.7 Å². The first-order chi connectivity index (χ1) is 8.79. The van der Waals surface area contributed by atoms with Crippen molar-refractivity contribution in [2.75, 3.05) is 14.2 Å². The molecule has 0 aromatic heterocycles. The van der Waals surface area contributed by atoms with Crippen molar-refractivity contribution in [3.63, 3.8) is 0 Å². The number of halogens is 3. The molecule has 1 N–H and O–H groups in total. The number of hydrogen-bond donors (Lipinski definition) is 1. The van der Waals surface area contributed by atoms with E-state index >= 15 is 0 Å². The summed E-state index contributed by atoms with van der Waals surface area (Å²) in [5.41, 5.74) is 0.0148. The molecule has 0 saturated heterocycles. The molecule has 0 spiro atoms. The maximum atomic E-state index is 12.1. The highest BCUT2D eigenvalue weighted by atomic mass is 19.4. The van der Waals surface area contributed by atoms with Gasteiger partial charge in [-0.1, -0.05) is 0 Å². The minimum absolute atomic E-state index is 0.0148. The van der Waals surface area contributed by atoms with Crippen molar-refractivity contribution in [3.05, 3.63) is 23.8 Å². The molecule has 0 bridgehead atoms. The molecule has 0 aliphatic heterocycles. The second kappa shape index (κ2) is 5.92. The molecular formula is C12H13F3O4. The molecule has 0 radical (unpaired) electrons. The maximum absolute atomic E-state index is 12.1. The first kappa shape index (κ1) is 15.3. The lowest BCUT2D eigenvalue weighted by Gasteiger charge is -2.14. The number of alkyl halides is 3. The average molecular weight is 278 g/mol. The molecule has 0 heterocycles. The fraction of sp³-hybridized carbons (Fsp3) is 0.417. The number of ketones is 1. The summed E-state index contributed by atoms with van der Waals surface area (Å²) in [4.78, 5) is 11.6. The van der Waals surface area contributed by atoms with E-state index in [2.05, 4.69) is 0 Å². The van der Waals surface area contributed by atoms with Gasteiger partial charge < -0.3 is 14.6 Å². The van der Waals surface area contributed by atoms with Crippen molar-refractivity contribution >= 4 is 5.78 Å². The Morgan fingerprint density at radius 1 is 1.26 bits per heavy atom. The van der Waals surface area contributed by atoms with Crippen molar-refractivity contribution in [2.24, 2.45) is 0 Å². The molecule has 0 amide bonds. The van der Waals surface area contributed by atoms with Crippen molar-refractivity contribution in [3.8, 4) is 11.5 Å². The van der Waals surface area contributed by atoms with Crippen LogP contribution < -0.4 is 9.47 Å². The van der Waals surface area contributed by atoms with Crippen LogP contribution in [0.25, 0.3) is 0 Å². The summed E-state index contributed by atoms with van der Waals surface area (Å²) >= 11 is 0. The molecule has 1 rings (SSSR count). The van der Waals surface area contributed by atoms with Gasteiger partial charge in [0.05, 0.1) is 14.2 Å². The van der Waals surface area contributed by atoms with Crippen LogP contribution in [0, 0.1) is 0 Å². The Labute approximate surface area is 107 Å². The fourth-order valence-corrected chi connectivity index (χ4v) is 1.42. The van der Waals surface area contributed by atoms with Gasteiger partial charge in [-0.25, -0.2) is 0 Å². The third-order valence-corrected chi connectivity index (χ3v) is 2.46. The van der Waals surface area contributed by atoms with E-state index in [0.717, 1.165) is 0 Å². The lowest BCUT2D eigenvalue weighted by molar-refractivity contribution is -0.202. The third kappa shape index (κ3) is 3.85. The van der Waals surface area contributed by atoms with Crippen LogP contribution in [0.3, 0.4) is 0 Å². The van der Waals surface area contributed by atoms with Crippen molar-refractivity contribution in [1.29, 1.82) is 0 Å². The van der Waals surface area contributed by atoms with Gasteiger partial charge in [-0.15, -0.1) is 0 Å². The van der Waals surface area contributed by atoms with Crippen LogP contribution in [0.15, 0.2) is 18.2 Å². The molecule has 1 aromatic rings. The topological polar surface area (TPSA) is 55.8 Å². The highest BCUT2D eigenvalue weighted by Gasteiger charge is 2.39. The largest absolute Gasteiger partial charge is 0.493 e. The predicted molar refractivity (Wildman–Crippen MR) is 60.6 cm³/mol.